The minimum absolute atomic E-state index is 0.0521. The van der Waals surface area contributed by atoms with Crippen LogP contribution in [0.5, 0.6) is 11.5 Å². The van der Waals surface area contributed by atoms with Crippen LogP contribution >= 0.6 is 0 Å². The molecule has 2 aromatic carbocycles. The van der Waals surface area contributed by atoms with Gasteiger partial charge in [0.2, 0.25) is 21.8 Å². The van der Waals surface area contributed by atoms with Gasteiger partial charge in [-0.25, -0.2) is 8.42 Å². The van der Waals surface area contributed by atoms with E-state index in [9.17, 15) is 18.0 Å². The van der Waals surface area contributed by atoms with Crippen LogP contribution in [0.25, 0.3) is 0 Å². The molecular formula is C27H39N3O6S. The molecule has 2 amide bonds. The predicted molar refractivity (Wildman–Crippen MR) is 146 cm³/mol. The molecule has 0 aliphatic heterocycles. The summed E-state index contributed by atoms with van der Waals surface area (Å²) in [5, 5.41) is 2.96. The summed E-state index contributed by atoms with van der Waals surface area (Å²) in [4.78, 5) is 28.4. The van der Waals surface area contributed by atoms with Gasteiger partial charge in [-0.2, -0.15) is 0 Å². The Kier molecular flexibility index (Phi) is 11.2. The van der Waals surface area contributed by atoms with Gasteiger partial charge in [-0.15, -0.1) is 0 Å². The van der Waals surface area contributed by atoms with Crippen LogP contribution in [-0.4, -0.2) is 70.8 Å². The van der Waals surface area contributed by atoms with E-state index in [-0.39, 0.29) is 29.9 Å². The summed E-state index contributed by atoms with van der Waals surface area (Å²) in [5.74, 6) is -0.0100. The quantitative estimate of drug-likeness (QED) is 0.400. The zero-order chi connectivity index (χ0) is 27.6. The first kappa shape index (κ1) is 30.0. The first-order valence-electron chi connectivity index (χ1n) is 12.4. The van der Waals surface area contributed by atoms with Crippen LogP contribution in [0.2, 0.25) is 0 Å². The van der Waals surface area contributed by atoms with Crippen molar-refractivity contribution < 1.29 is 27.5 Å². The summed E-state index contributed by atoms with van der Waals surface area (Å²) < 4.78 is 37.3. The first-order chi connectivity index (χ1) is 17.5. The van der Waals surface area contributed by atoms with Crippen molar-refractivity contribution in [1.29, 1.82) is 0 Å². The highest BCUT2D eigenvalue weighted by atomic mass is 32.2. The fraction of sp³-hybridized carbons (Fsp3) is 0.481. The largest absolute Gasteiger partial charge is 0.497 e. The number of methoxy groups -OCH3 is 2. The van der Waals surface area contributed by atoms with Crippen LogP contribution in [0.3, 0.4) is 0 Å². The number of anilines is 1. The SMILES string of the molecule is CCC(C)NC(=O)C(CC)N(CCc1ccccc1)C(=O)CN(c1ccc(OC)cc1OC)S(C)(=O)=O. The molecule has 37 heavy (non-hydrogen) atoms. The second-order valence-electron chi connectivity index (χ2n) is 8.87. The molecule has 0 aliphatic rings. The predicted octanol–water partition coefficient (Wildman–Crippen LogP) is 3.23. The van der Waals surface area contributed by atoms with Crippen molar-refractivity contribution in [2.24, 2.45) is 0 Å². The molecule has 2 atom stereocenters. The van der Waals surface area contributed by atoms with Crippen LogP contribution in [-0.2, 0) is 26.0 Å². The van der Waals surface area contributed by atoms with Gasteiger partial charge in [-0.3, -0.25) is 13.9 Å². The topological polar surface area (TPSA) is 105 Å². The van der Waals surface area contributed by atoms with Gasteiger partial charge in [0.25, 0.3) is 0 Å². The summed E-state index contributed by atoms with van der Waals surface area (Å²) >= 11 is 0. The van der Waals surface area contributed by atoms with E-state index in [4.69, 9.17) is 9.47 Å². The number of benzene rings is 2. The van der Waals surface area contributed by atoms with Gasteiger partial charge in [-0.05, 0) is 43.9 Å². The van der Waals surface area contributed by atoms with Gasteiger partial charge in [0.15, 0.2) is 0 Å². The number of nitrogens with zero attached hydrogens (tertiary/aromatic N) is 2. The Morgan fingerprint density at radius 2 is 1.68 bits per heavy atom. The second-order valence-corrected chi connectivity index (χ2v) is 10.8. The molecule has 0 aliphatic carbocycles. The Balaban J connectivity index is 2.43. The number of hydrogen-bond donors (Lipinski definition) is 1. The zero-order valence-corrected chi connectivity index (χ0v) is 23.4. The van der Waals surface area contributed by atoms with Crippen molar-refractivity contribution in [1.82, 2.24) is 10.2 Å². The molecule has 0 aromatic heterocycles. The minimum atomic E-state index is -3.88. The summed E-state index contributed by atoms with van der Waals surface area (Å²) in [5.41, 5.74) is 1.22. The fourth-order valence-electron chi connectivity index (χ4n) is 3.92. The standard InChI is InChI=1S/C27H39N3O6S/c1-7-20(3)28-27(32)23(8-2)29(17-16-21-12-10-9-11-13-21)26(31)19-30(37(6,33)34)24-15-14-22(35-4)18-25(24)36-5/h9-15,18,20,23H,7-8,16-17,19H2,1-6H3,(H,28,32). The smallest absolute Gasteiger partial charge is 0.244 e. The molecule has 10 heteroatoms. The van der Waals surface area contributed by atoms with Crippen molar-refractivity contribution in [3.05, 3.63) is 54.1 Å². The molecule has 204 valence electrons. The summed E-state index contributed by atoms with van der Waals surface area (Å²) in [6.07, 6.45) is 2.68. The van der Waals surface area contributed by atoms with E-state index in [1.807, 2.05) is 51.1 Å². The molecule has 0 saturated heterocycles. The highest BCUT2D eigenvalue weighted by Gasteiger charge is 2.32. The molecule has 0 saturated carbocycles. The number of rotatable bonds is 14. The maximum absolute atomic E-state index is 13.8. The van der Waals surface area contributed by atoms with E-state index < -0.39 is 28.5 Å². The van der Waals surface area contributed by atoms with E-state index in [1.165, 1.54) is 25.2 Å². The number of amides is 2. The van der Waals surface area contributed by atoms with E-state index in [0.717, 1.165) is 22.5 Å². The molecular weight excluding hydrogens is 494 g/mol. The van der Waals surface area contributed by atoms with Crippen molar-refractivity contribution in [2.45, 2.75) is 52.1 Å². The summed E-state index contributed by atoms with van der Waals surface area (Å²) in [7, 11) is -0.969. The normalized spacial score (nSPS) is 12.8. The molecule has 2 unspecified atom stereocenters. The van der Waals surface area contributed by atoms with Crippen molar-refractivity contribution >= 4 is 27.5 Å². The average molecular weight is 534 g/mol. The molecule has 2 aromatic rings. The molecule has 1 N–H and O–H groups in total. The number of ether oxygens (including phenoxy) is 2. The van der Waals surface area contributed by atoms with Gasteiger partial charge in [0.1, 0.15) is 24.1 Å². The van der Waals surface area contributed by atoms with E-state index in [0.29, 0.717) is 18.6 Å². The third-order valence-corrected chi connectivity index (χ3v) is 7.33. The van der Waals surface area contributed by atoms with Gasteiger partial charge in [0.05, 0.1) is 26.2 Å². The molecule has 0 spiro atoms. The van der Waals surface area contributed by atoms with Crippen molar-refractivity contribution in [2.75, 3.05) is 37.9 Å². The van der Waals surface area contributed by atoms with Crippen LogP contribution in [0.4, 0.5) is 5.69 Å². The lowest BCUT2D eigenvalue weighted by atomic mass is 10.1. The zero-order valence-electron chi connectivity index (χ0n) is 22.6. The van der Waals surface area contributed by atoms with Crippen LogP contribution < -0.4 is 19.1 Å². The van der Waals surface area contributed by atoms with Crippen LogP contribution in [0, 0.1) is 0 Å². The highest BCUT2D eigenvalue weighted by molar-refractivity contribution is 7.92. The average Bonchev–Trinajstić information content (AvgIpc) is 2.88. The van der Waals surface area contributed by atoms with Crippen LogP contribution in [0.15, 0.2) is 48.5 Å². The Morgan fingerprint density at radius 1 is 1.00 bits per heavy atom. The summed E-state index contributed by atoms with van der Waals surface area (Å²) in [6.45, 7) is 5.49. The molecule has 0 heterocycles. The Hall–Kier alpha value is -3.27. The lowest BCUT2D eigenvalue weighted by Crippen LogP contribution is -2.54. The van der Waals surface area contributed by atoms with E-state index >= 15 is 0 Å². The van der Waals surface area contributed by atoms with Gasteiger partial charge >= 0.3 is 0 Å². The van der Waals surface area contributed by atoms with E-state index in [2.05, 4.69) is 5.32 Å². The van der Waals surface area contributed by atoms with Gasteiger partial charge < -0.3 is 19.7 Å². The third-order valence-electron chi connectivity index (χ3n) is 6.21. The fourth-order valence-corrected chi connectivity index (χ4v) is 4.78. The Labute approximate surface area is 220 Å². The minimum Gasteiger partial charge on any atom is -0.497 e. The van der Waals surface area contributed by atoms with Crippen LogP contribution in [0.1, 0.15) is 39.2 Å². The number of carbonyl (C=O) groups is 2. The monoisotopic (exact) mass is 533 g/mol. The lowest BCUT2D eigenvalue weighted by Gasteiger charge is -2.33. The van der Waals surface area contributed by atoms with Crippen molar-refractivity contribution in [3.8, 4) is 11.5 Å². The van der Waals surface area contributed by atoms with E-state index in [1.54, 1.807) is 12.1 Å². The third kappa shape index (κ3) is 8.38. The molecule has 0 bridgehead atoms. The molecule has 0 radical (unpaired) electrons. The molecule has 2 rings (SSSR count). The number of hydrogen-bond acceptors (Lipinski definition) is 6. The van der Waals surface area contributed by atoms with Gasteiger partial charge in [-0.1, -0.05) is 44.2 Å². The second kappa shape index (κ2) is 13.9. The highest BCUT2D eigenvalue weighted by Crippen LogP contribution is 2.33. The molecule has 0 fully saturated rings. The first-order valence-corrected chi connectivity index (χ1v) is 14.2. The maximum Gasteiger partial charge on any atom is 0.244 e. The Morgan fingerprint density at radius 3 is 2.22 bits per heavy atom. The maximum atomic E-state index is 13.8. The number of nitrogens with one attached hydrogen (secondary N) is 1. The number of sulfonamides is 1. The number of carbonyl (C=O) groups excluding carboxylic acids is 2. The lowest BCUT2D eigenvalue weighted by molar-refractivity contribution is -0.139. The Bertz CT molecular complexity index is 1140. The van der Waals surface area contributed by atoms with Crippen molar-refractivity contribution in [3.63, 3.8) is 0 Å². The summed E-state index contributed by atoms with van der Waals surface area (Å²) in [6, 6.07) is 13.5. The molecule has 9 nitrogen and oxygen atoms in total. The van der Waals surface area contributed by atoms with Gasteiger partial charge in [0, 0.05) is 18.7 Å².